The number of para-hydroxylation sites is 1. The number of hydrogen-bond donors (Lipinski definition) is 0. The average Bonchev–Trinajstić information content (AvgIpc) is 3.16. The fraction of sp³-hybridized carbons (Fsp3) is 0.360. The van der Waals surface area contributed by atoms with Gasteiger partial charge in [-0.3, -0.25) is 9.59 Å². The van der Waals surface area contributed by atoms with Gasteiger partial charge in [-0.2, -0.15) is 0 Å². The summed E-state index contributed by atoms with van der Waals surface area (Å²) in [5.41, 5.74) is 0.00664. The van der Waals surface area contributed by atoms with Crippen molar-refractivity contribution >= 4 is 26.7 Å². The quantitative estimate of drug-likeness (QED) is 0.503. The Morgan fingerprint density at radius 1 is 1.18 bits per heavy atom. The Balaban J connectivity index is 1.54. The van der Waals surface area contributed by atoms with Crippen molar-refractivity contribution in [1.29, 1.82) is 0 Å². The molecule has 3 aromatic rings. The highest BCUT2D eigenvalue weighted by molar-refractivity contribution is 7.91. The summed E-state index contributed by atoms with van der Waals surface area (Å²) in [7, 11) is -3.11. The van der Waals surface area contributed by atoms with Crippen LogP contribution in [0.5, 0.6) is 17.2 Å². The number of aryl methyl sites for hydroxylation is 1. The van der Waals surface area contributed by atoms with Gasteiger partial charge in [0.1, 0.15) is 22.8 Å². The largest absolute Gasteiger partial charge is 0.481 e. The number of fused-ring (bicyclic) bond motifs is 1. The smallest absolute Gasteiger partial charge is 0.263 e. The zero-order valence-electron chi connectivity index (χ0n) is 19.3. The summed E-state index contributed by atoms with van der Waals surface area (Å²) in [5, 5.41) is 0.328. The van der Waals surface area contributed by atoms with Gasteiger partial charge in [-0.15, -0.1) is 0 Å². The predicted octanol–water partition coefficient (Wildman–Crippen LogP) is 3.70. The van der Waals surface area contributed by atoms with Gasteiger partial charge in [-0.1, -0.05) is 18.2 Å². The van der Waals surface area contributed by atoms with Crippen molar-refractivity contribution in [3.63, 3.8) is 0 Å². The Kier molecular flexibility index (Phi) is 6.65. The second kappa shape index (κ2) is 9.50. The lowest BCUT2D eigenvalue weighted by Gasteiger charge is -2.29. The monoisotopic (exact) mass is 485 g/mol. The topological polar surface area (TPSA) is 103 Å². The molecule has 2 atom stereocenters. The molecule has 0 unspecified atom stereocenters. The van der Waals surface area contributed by atoms with Gasteiger partial charge in [-0.25, -0.2) is 8.42 Å². The zero-order chi connectivity index (χ0) is 24.5. The Morgan fingerprint density at radius 2 is 1.91 bits per heavy atom. The Hall–Kier alpha value is -3.33. The average molecular weight is 486 g/mol. The van der Waals surface area contributed by atoms with Crippen molar-refractivity contribution in [2.45, 2.75) is 39.3 Å². The molecule has 1 fully saturated rings. The second-order valence-electron chi connectivity index (χ2n) is 8.33. The number of benzene rings is 2. The second-order valence-corrected chi connectivity index (χ2v) is 10.6. The molecule has 0 spiro atoms. The summed E-state index contributed by atoms with van der Waals surface area (Å²) in [6.45, 7) is 5.48. The first kappa shape index (κ1) is 23.8. The summed E-state index contributed by atoms with van der Waals surface area (Å²) in [5.74, 6) is 1.11. The van der Waals surface area contributed by atoms with E-state index in [0.717, 1.165) is 0 Å². The van der Waals surface area contributed by atoms with Crippen LogP contribution in [0.15, 0.2) is 57.7 Å². The van der Waals surface area contributed by atoms with Gasteiger partial charge < -0.3 is 18.8 Å². The van der Waals surface area contributed by atoms with Gasteiger partial charge in [0, 0.05) is 18.7 Å². The molecule has 2 aromatic carbocycles. The van der Waals surface area contributed by atoms with Crippen molar-refractivity contribution < 1.29 is 27.1 Å². The molecule has 1 aromatic heterocycles. The van der Waals surface area contributed by atoms with Gasteiger partial charge in [0.25, 0.3) is 5.91 Å². The molecule has 0 N–H and O–H groups in total. The molecule has 2 heterocycles. The molecule has 0 radical (unpaired) electrons. The lowest BCUT2D eigenvalue weighted by atomic mass is 10.2. The van der Waals surface area contributed by atoms with Gasteiger partial charge in [0.2, 0.25) is 11.2 Å². The van der Waals surface area contributed by atoms with E-state index in [1.807, 2.05) is 25.1 Å². The Labute approximate surface area is 198 Å². The third kappa shape index (κ3) is 4.94. The minimum Gasteiger partial charge on any atom is -0.481 e. The highest BCUT2D eigenvalue weighted by Gasteiger charge is 2.35. The lowest BCUT2D eigenvalue weighted by Crippen LogP contribution is -2.46. The molecule has 0 bridgehead atoms. The van der Waals surface area contributed by atoms with Crippen LogP contribution >= 0.6 is 0 Å². The van der Waals surface area contributed by atoms with Crippen molar-refractivity contribution in [2.24, 2.45) is 0 Å². The molecular weight excluding hydrogens is 458 g/mol. The zero-order valence-corrected chi connectivity index (χ0v) is 20.1. The van der Waals surface area contributed by atoms with Gasteiger partial charge in [0.05, 0.1) is 16.9 Å². The van der Waals surface area contributed by atoms with Crippen LogP contribution in [0.25, 0.3) is 11.0 Å². The van der Waals surface area contributed by atoms with Crippen LogP contribution in [-0.2, 0) is 14.6 Å². The van der Waals surface area contributed by atoms with Crippen LogP contribution in [0.4, 0.5) is 0 Å². The number of nitrogens with zero attached hydrogens (tertiary/aromatic N) is 1. The number of hydrogen-bond acceptors (Lipinski definition) is 7. The number of carbonyl (C=O) groups is 1. The van der Waals surface area contributed by atoms with E-state index in [2.05, 4.69) is 0 Å². The third-order valence-corrected chi connectivity index (χ3v) is 7.63. The van der Waals surface area contributed by atoms with E-state index in [0.29, 0.717) is 41.2 Å². The summed E-state index contributed by atoms with van der Waals surface area (Å²) in [6.07, 6.45) is -0.406. The molecule has 9 heteroatoms. The van der Waals surface area contributed by atoms with Gasteiger partial charge in [-0.05, 0) is 51.5 Å². The van der Waals surface area contributed by atoms with Crippen LogP contribution in [0.1, 0.15) is 26.0 Å². The number of carbonyl (C=O) groups excluding carboxylic acids is 1. The van der Waals surface area contributed by atoms with Crippen molar-refractivity contribution in [1.82, 2.24) is 4.90 Å². The molecular formula is C25H27NO7S. The van der Waals surface area contributed by atoms with Crippen LogP contribution in [0.2, 0.25) is 0 Å². The normalized spacial score (nSPS) is 17.9. The fourth-order valence-electron chi connectivity index (χ4n) is 4.17. The third-order valence-electron chi connectivity index (χ3n) is 5.88. The van der Waals surface area contributed by atoms with Crippen LogP contribution in [-0.4, -0.2) is 49.4 Å². The maximum Gasteiger partial charge on any atom is 0.263 e. The summed E-state index contributed by atoms with van der Waals surface area (Å²) in [4.78, 5) is 27.5. The van der Waals surface area contributed by atoms with E-state index >= 15 is 0 Å². The minimum absolute atomic E-state index is 0.0207. The van der Waals surface area contributed by atoms with Crippen molar-refractivity contribution in [3.05, 3.63) is 64.5 Å². The van der Waals surface area contributed by atoms with Crippen LogP contribution in [0, 0.1) is 6.92 Å². The maximum atomic E-state index is 13.0. The number of rotatable bonds is 7. The molecule has 34 heavy (non-hydrogen) atoms. The van der Waals surface area contributed by atoms with Crippen LogP contribution < -0.4 is 14.9 Å². The maximum absolute atomic E-state index is 13.0. The van der Waals surface area contributed by atoms with E-state index < -0.39 is 15.9 Å². The summed E-state index contributed by atoms with van der Waals surface area (Å²) >= 11 is 0. The van der Waals surface area contributed by atoms with Crippen molar-refractivity contribution in [2.75, 3.05) is 18.1 Å². The number of ether oxygens (including phenoxy) is 2. The molecule has 0 aliphatic carbocycles. The standard InChI is InChI=1S/C25H27NO7S/c1-4-26(18-12-13-34(29,30)15-18)25(28)17(3)31-20-10-11-21-22(14-20)32-16(2)24(23(21)27)33-19-8-6-5-7-9-19/h5-11,14,17-18H,4,12-13,15H2,1-3H3/t17-,18+/m1/s1. The molecule has 0 saturated carbocycles. The molecule has 1 amide bonds. The fourth-order valence-corrected chi connectivity index (χ4v) is 5.90. The molecule has 1 aliphatic rings. The van der Waals surface area contributed by atoms with E-state index in [9.17, 15) is 18.0 Å². The molecule has 1 saturated heterocycles. The van der Waals surface area contributed by atoms with Crippen LogP contribution in [0.3, 0.4) is 0 Å². The number of amides is 1. The highest BCUT2D eigenvalue weighted by Crippen LogP contribution is 2.28. The van der Waals surface area contributed by atoms with E-state index in [1.165, 1.54) is 0 Å². The van der Waals surface area contributed by atoms with Crippen molar-refractivity contribution in [3.8, 4) is 17.2 Å². The number of likely N-dealkylation sites (N-methyl/N-ethyl adjacent to an activating group) is 1. The highest BCUT2D eigenvalue weighted by atomic mass is 32.2. The first-order chi connectivity index (χ1) is 16.2. The molecule has 4 rings (SSSR count). The predicted molar refractivity (Wildman–Crippen MR) is 128 cm³/mol. The SMILES string of the molecule is CCN(C(=O)[C@@H](C)Oc1ccc2c(=O)c(Oc3ccccc3)c(C)oc2c1)[C@H]1CCS(=O)(=O)C1. The Bertz CT molecular complexity index is 1370. The van der Waals surface area contributed by atoms with Gasteiger partial charge in [0.15, 0.2) is 15.9 Å². The first-order valence-electron chi connectivity index (χ1n) is 11.2. The van der Waals surface area contributed by atoms with E-state index in [1.54, 1.807) is 49.1 Å². The minimum atomic E-state index is -3.11. The summed E-state index contributed by atoms with van der Waals surface area (Å²) < 4.78 is 41.1. The lowest BCUT2D eigenvalue weighted by molar-refractivity contribution is -0.139. The molecule has 8 nitrogen and oxygen atoms in total. The summed E-state index contributed by atoms with van der Waals surface area (Å²) in [6, 6.07) is 13.4. The van der Waals surface area contributed by atoms with E-state index in [4.69, 9.17) is 13.9 Å². The number of sulfone groups is 1. The van der Waals surface area contributed by atoms with E-state index in [-0.39, 0.29) is 34.6 Å². The first-order valence-corrected chi connectivity index (χ1v) is 13.0. The van der Waals surface area contributed by atoms with Gasteiger partial charge >= 0.3 is 0 Å². The Morgan fingerprint density at radius 3 is 2.56 bits per heavy atom. The molecule has 180 valence electrons. The molecule has 1 aliphatic heterocycles.